The summed E-state index contributed by atoms with van der Waals surface area (Å²) in [7, 11) is 0. The van der Waals surface area contributed by atoms with Gasteiger partial charge in [-0.25, -0.2) is 5.06 Å². The van der Waals surface area contributed by atoms with E-state index in [-0.39, 0.29) is 17.7 Å². The molecular formula is C16H15NO4. The second kappa shape index (κ2) is 6.78. The van der Waals surface area contributed by atoms with Crippen molar-refractivity contribution in [1.29, 1.82) is 0 Å². The molecule has 0 aliphatic carbocycles. The van der Waals surface area contributed by atoms with Gasteiger partial charge in [-0.1, -0.05) is 42.5 Å². The largest absolute Gasteiger partial charge is 0.381 e. The summed E-state index contributed by atoms with van der Waals surface area (Å²) in [5, 5.41) is 20.4. The van der Waals surface area contributed by atoms with Gasteiger partial charge in [0.25, 0.3) is 0 Å². The van der Waals surface area contributed by atoms with Crippen LogP contribution in [0.5, 0.6) is 0 Å². The topological polar surface area (TPSA) is 77.8 Å². The summed E-state index contributed by atoms with van der Waals surface area (Å²) in [5.74, 6) is -0.391. The predicted octanol–water partition coefficient (Wildman–Crippen LogP) is 2.00. The van der Waals surface area contributed by atoms with Crippen molar-refractivity contribution in [3.63, 3.8) is 0 Å². The highest BCUT2D eigenvalue weighted by Crippen LogP contribution is 2.18. The van der Waals surface area contributed by atoms with Gasteiger partial charge in [0.05, 0.1) is 5.69 Å². The molecule has 2 rings (SSSR count). The maximum absolute atomic E-state index is 12.2. The molecule has 5 nitrogen and oxygen atoms in total. The molecule has 21 heavy (non-hydrogen) atoms. The second-order valence-corrected chi connectivity index (χ2v) is 4.48. The number of ketones is 1. The summed E-state index contributed by atoms with van der Waals surface area (Å²) in [6.45, 7) is -0.271. The first-order chi connectivity index (χ1) is 10.1. The lowest BCUT2D eigenvalue weighted by Crippen LogP contribution is -2.27. The van der Waals surface area contributed by atoms with Gasteiger partial charge in [-0.05, 0) is 17.7 Å². The Morgan fingerprint density at radius 1 is 1.10 bits per heavy atom. The summed E-state index contributed by atoms with van der Waals surface area (Å²) in [6, 6.07) is 14.9. The van der Waals surface area contributed by atoms with Gasteiger partial charge in [-0.2, -0.15) is 0 Å². The first-order valence-electron chi connectivity index (χ1n) is 6.40. The van der Waals surface area contributed by atoms with Gasteiger partial charge in [-0.15, -0.1) is 0 Å². The summed E-state index contributed by atoms with van der Waals surface area (Å²) in [4.78, 5) is 22.9. The monoisotopic (exact) mass is 285 g/mol. The molecule has 0 amide bonds. The molecule has 0 heterocycles. The number of anilines is 1. The van der Waals surface area contributed by atoms with Crippen LogP contribution in [-0.2, 0) is 4.79 Å². The quantitative estimate of drug-likeness (QED) is 0.482. The van der Waals surface area contributed by atoms with Crippen LogP contribution in [0.25, 0.3) is 0 Å². The van der Waals surface area contributed by atoms with Crippen LogP contribution in [0.3, 0.4) is 0 Å². The van der Waals surface area contributed by atoms with Gasteiger partial charge in [0.1, 0.15) is 12.6 Å². The Balaban J connectivity index is 2.19. The van der Waals surface area contributed by atoms with Gasteiger partial charge >= 0.3 is 0 Å². The van der Waals surface area contributed by atoms with Crippen molar-refractivity contribution in [1.82, 2.24) is 0 Å². The lowest BCUT2D eigenvalue weighted by molar-refractivity contribution is -0.115. The minimum atomic E-state index is -1.35. The minimum Gasteiger partial charge on any atom is -0.381 e. The molecule has 2 N–H and O–H groups in total. The third-order valence-electron chi connectivity index (χ3n) is 3.06. The fraction of sp³-hybridized carbons (Fsp3) is 0.125. The second-order valence-electron chi connectivity index (χ2n) is 4.48. The number of aliphatic hydroxyl groups is 1. The number of carbonyl (C=O) groups excluding carboxylic acids is 2. The van der Waals surface area contributed by atoms with Crippen molar-refractivity contribution in [2.75, 3.05) is 11.6 Å². The lowest BCUT2D eigenvalue weighted by Gasteiger charge is -2.17. The van der Waals surface area contributed by atoms with E-state index in [9.17, 15) is 19.9 Å². The molecule has 2 aromatic carbocycles. The first-order valence-corrected chi connectivity index (χ1v) is 6.40. The van der Waals surface area contributed by atoms with Crippen LogP contribution >= 0.6 is 0 Å². The fourth-order valence-corrected chi connectivity index (χ4v) is 1.99. The zero-order valence-electron chi connectivity index (χ0n) is 11.2. The number of aliphatic hydroxyl groups excluding tert-OH is 1. The summed E-state index contributed by atoms with van der Waals surface area (Å²) < 4.78 is 0. The van der Waals surface area contributed by atoms with Crippen molar-refractivity contribution in [3.05, 3.63) is 65.7 Å². The molecule has 0 saturated heterocycles. The number of benzene rings is 2. The average molecular weight is 285 g/mol. The molecule has 5 heteroatoms. The minimum absolute atomic E-state index is 0.215. The highest BCUT2D eigenvalue weighted by Gasteiger charge is 2.18. The van der Waals surface area contributed by atoms with Crippen molar-refractivity contribution in [2.45, 2.75) is 6.10 Å². The van der Waals surface area contributed by atoms with E-state index in [1.165, 1.54) is 12.1 Å². The van der Waals surface area contributed by atoms with E-state index in [4.69, 9.17) is 0 Å². The molecule has 0 radical (unpaired) electrons. The highest BCUT2D eigenvalue weighted by atomic mass is 16.5. The van der Waals surface area contributed by atoms with Gasteiger partial charge in [0.2, 0.25) is 0 Å². The fourth-order valence-electron chi connectivity index (χ4n) is 1.99. The average Bonchev–Trinajstić information content (AvgIpc) is 2.54. The number of nitrogens with zero attached hydrogens (tertiary/aromatic N) is 1. The Kier molecular flexibility index (Phi) is 4.81. The molecule has 1 unspecified atom stereocenters. The van der Waals surface area contributed by atoms with Crippen LogP contribution in [-0.4, -0.2) is 28.9 Å². The Hall–Kier alpha value is -2.50. The van der Waals surface area contributed by atoms with Crippen molar-refractivity contribution < 1.29 is 19.9 Å². The molecule has 1 atom stereocenters. The first kappa shape index (κ1) is 14.9. The van der Waals surface area contributed by atoms with E-state index in [1.54, 1.807) is 42.5 Å². The highest BCUT2D eigenvalue weighted by molar-refractivity contribution is 6.00. The van der Waals surface area contributed by atoms with Gasteiger partial charge in [-0.3, -0.25) is 10.0 Å². The van der Waals surface area contributed by atoms with E-state index < -0.39 is 11.9 Å². The Labute approximate surface area is 122 Å². The third kappa shape index (κ3) is 3.53. The van der Waals surface area contributed by atoms with Gasteiger partial charge in [0.15, 0.2) is 12.1 Å². The maximum Gasteiger partial charge on any atom is 0.185 e. The van der Waals surface area contributed by atoms with Crippen molar-refractivity contribution in [3.8, 4) is 0 Å². The SMILES string of the molecule is O=CC(O)c1ccccc1C(=O)CN(O)c1ccccc1. The van der Waals surface area contributed by atoms with Crippen LogP contribution < -0.4 is 5.06 Å². The molecule has 108 valence electrons. The number of para-hydroxylation sites is 1. The Morgan fingerprint density at radius 3 is 2.38 bits per heavy atom. The van der Waals surface area contributed by atoms with E-state index in [1.807, 2.05) is 0 Å². The van der Waals surface area contributed by atoms with Gasteiger partial charge < -0.3 is 9.90 Å². The molecule has 0 aromatic heterocycles. The molecule has 0 aliphatic heterocycles. The zero-order chi connectivity index (χ0) is 15.2. The predicted molar refractivity (Wildman–Crippen MR) is 77.4 cm³/mol. The zero-order valence-corrected chi connectivity index (χ0v) is 11.2. The normalized spacial score (nSPS) is 11.7. The van der Waals surface area contributed by atoms with E-state index in [0.717, 1.165) is 5.06 Å². The summed E-state index contributed by atoms with van der Waals surface area (Å²) >= 11 is 0. The Morgan fingerprint density at radius 2 is 1.71 bits per heavy atom. The molecule has 0 bridgehead atoms. The molecule has 0 fully saturated rings. The van der Waals surface area contributed by atoms with Crippen molar-refractivity contribution in [2.24, 2.45) is 0 Å². The molecule has 0 spiro atoms. The summed E-state index contributed by atoms with van der Waals surface area (Å²) in [5.41, 5.74) is 0.935. The van der Waals surface area contributed by atoms with Crippen LogP contribution in [0.2, 0.25) is 0 Å². The van der Waals surface area contributed by atoms with E-state index in [0.29, 0.717) is 12.0 Å². The van der Waals surface area contributed by atoms with Crippen molar-refractivity contribution >= 4 is 17.8 Å². The molecule has 2 aromatic rings. The van der Waals surface area contributed by atoms with Crippen LogP contribution in [0, 0.1) is 0 Å². The number of hydrogen-bond donors (Lipinski definition) is 2. The number of hydrogen-bond acceptors (Lipinski definition) is 5. The number of Topliss-reactive ketones (excluding diaryl/α,β-unsaturated/α-hetero) is 1. The number of carbonyl (C=O) groups is 2. The van der Waals surface area contributed by atoms with E-state index >= 15 is 0 Å². The molecule has 0 aliphatic rings. The molecule has 0 saturated carbocycles. The van der Waals surface area contributed by atoms with E-state index in [2.05, 4.69) is 0 Å². The Bertz CT molecular complexity index is 627. The number of hydroxylamine groups is 1. The maximum atomic E-state index is 12.2. The van der Waals surface area contributed by atoms with Crippen LogP contribution in [0.1, 0.15) is 22.0 Å². The number of rotatable bonds is 6. The summed E-state index contributed by atoms with van der Waals surface area (Å²) in [6.07, 6.45) is -0.992. The van der Waals surface area contributed by atoms with Gasteiger partial charge in [0, 0.05) is 5.56 Å². The lowest BCUT2D eigenvalue weighted by atomic mass is 9.99. The van der Waals surface area contributed by atoms with Crippen LogP contribution in [0.4, 0.5) is 5.69 Å². The standard InChI is InChI=1S/C16H15NO4/c18-11-16(20)14-9-5-4-8-13(14)15(19)10-17(21)12-6-2-1-3-7-12/h1-9,11,16,20-21H,10H2. The number of aldehydes is 1. The third-order valence-corrected chi connectivity index (χ3v) is 3.06. The molecular weight excluding hydrogens is 270 g/mol. The van der Waals surface area contributed by atoms with Crippen LogP contribution in [0.15, 0.2) is 54.6 Å². The smallest absolute Gasteiger partial charge is 0.185 e.